The van der Waals surface area contributed by atoms with Crippen LogP contribution in [0.1, 0.15) is 24.2 Å². The van der Waals surface area contributed by atoms with Crippen LogP contribution in [0.2, 0.25) is 0 Å². The fourth-order valence-corrected chi connectivity index (χ4v) is 7.03. The topological polar surface area (TPSA) is 180 Å². The molecule has 4 aromatic rings. The van der Waals surface area contributed by atoms with Gasteiger partial charge < -0.3 is 16.0 Å². The van der Waals surface area contributed by atoms with E-state index in [1.807, 2.05) is 0 Å². The van der Waals surface area contributed by atoms with Crippen LogP contribution in [-0.2, 0) is 29.6 Å². The summed E-state index contributed by atoms with van der Waals surface area (Å²) in [7, 11) is -8.81. The number of hydrogen-bond acceptors (Lipinski definition) is 7. The van der Waals surface area contributed by atoms with Gasteiger partial charge in [0.2, 0.25) is 11.8 Å². The maximum absolute atomic E-state index is 13.6. The summed E-state index contributed by atoms with van der Waals surface area (Å²) in [6.07, 6.45) is 0. The lowest BCUT2D eigenvalue weighted by Gasteiger charge is -2.16. The van der Waals surface area contributed by atoms with Gasteiger partial charge in [-0.1, -0.05) is 12.1 Å². The van der Waals surface area contributed by atoms with E-state index in [1.165, 1.54) is 80.6 Å². The average molecular weight is 594 g/mol. The smallest absolute Gasteiger partial charge is 0.264 e. The molecule has 41 heavy (non-hydrogen) atoms. The van der Waals surface area contributed by atoms with Crippen LogP contribution in [0, 0.1) is 0 Å². The van der Waals surface area contributed by atoms with E-state index in [2.05, 4.69) is 25.4 Å². The van der Waals surface area contributed by atoms with E-state index in [9.17, 15) is 31.2 Å². The van der Waals surface area contributed by atoms with Crippen LogP contribution in [0.15, 0.2) is 82.6 Å². The molecule has 0 spiro atoms. The van der Waals surface area contributed by atoms with E-state index in [0.717, 1.165) is 6.07 Å². The van der Waals surface area contributed by atoms with Crippen molar-refractivity contribution in [1.29, 1.82) is 0 Å². The lowest BCUT2D eigenvalue weighted by Crippen LogP contribution is -2.18. The van der Waals surface area contributed by atoms with Crippen molar-refractivity contribution in [3.05, 3.63) is 78.4 Å². The van der Waals surface area contributed by atoms with E-state index in [-0.39, 0.29) is 50.1 Å². The van der Waals surface area contributed by atoms with Gasteiger partial charge in [-0.25, -0.2) is 16.8 Å². The number of nitrogens with one attached hydrogen (secondary N) is 5. The number of rotatable bonds is 8. The Morgan fingerprint density at radius 1 is 0.659 bits per heavy atom. The average Bonchev–Trinajstić information content (AvgIpc) is 3.22. The van der Waals surface area contributed by atoms with Gasteiger partial charge in [0.15, 0.2) is 0 Å². The molecule has 1 aliphatic rings. The van der Waals surface area contributed by atoms with Gasteiger partial charge in [0.05, 0.1) is 10.6 Å². The summed E-state index contributed by atoms with van der Waals surface area (Å²) in [6, 6.07) is 17.2. The number of sulfonamides is 2. The van der Waals surface area contributed by atoms with Crippen molar-refractivity contribution in [3.8, 4) is 0 Å². The predicted octanol–water partition coefficient (Wildman–Crippen LogP) is 3.92. The molecule has 0 atom stereocenters. The van der Waals surface area contributed by atoms with E-state index in [1.54, 1.807) is 0 Å². The van der Waals surface area contributed by atoms with E-state index >= 15 is 0 Å². The Bertz CT molecular complexity index is 1960. The number of carbonyl (C=O) groups is 3. The van der Waals surface area contributed by atoms with Gasteiger partial charge in [-0.3, -0.25) is 23.8 Å². The Kier molecular flexibility index (Phi) is 6.88. The Balaban J connectivity index is 1.58. The molecule has 4 aromatic carbocycles. The second-order valence-electron chi connectivity index (χ2n) is 9.16. The van der Waals surface area contributed by atoms with Crippen LogP contribution in [0.5, 0.6) is 0 Å². The van der Waals surface area contributed by atoms with Gasteiger partial charge in [0.1, 0.15) is 4.90 Å². The molecular formula is C27H23N5O7S2. The molecule has 0 radical (unpaired) electrons. The maximum Gasteiger partial charge on any atom is 0.264 e. The lowest BCUT2D eigenvalue weighted by molar-refractivity contribution is -0.115. The molecule has 210 valence electrons. The molecule has 0 fully saturated rings. The molecule has 1 heterocycles. The fourth-order valence-electron chi connectivity index (χ4n) is 4.42. The number of amides is 3. The summed E-state index contributed by atoms with van der Waals surface area (Å²) in [4.78, 5) is 34.5. The fraction of sp³-hybridized carbons (Fsp3) is 0.0741. The molecule has 0 saturated carbocycles. The normalized spacial score (nSPS) is 12.5. The van der Waals surface area contributed by atoms with Gasteiger partial charge in [-0.05, 0) is 60.7 Å². The monoisotopic (exact) mass is 593 g/mol. The first-order valence-electron chi connectivity index (χ1n) is 12.1. The number of carbonyl (C=O) groups excluding carboxylic acids is 3. The summed E-state index contributed by atoms with van der Waals surface area (Å²) in [5.74, 6) is -1.16. The molecule has 0 unspecified atom stereocenters. The molecular weight excluding hydrogens is 570 g/mol. The van der Waals surface area contributed by atoms with Crippen LogP contribution in [0.3, 0.4) is 0 Å². The van der Waals surface area contributed by atoms with Crippen molar-refractivity contribution in [3.63, 3.8) is 0 Å². The van der Waals surface area contributed by atoms with Crippen molar-refractivity contribution in [2.24, 2.45) is 0 Å². The molecule has 0 bridgehead atoms. The minimum Gasteiger partial charge on any atom is -0.326 e. The highest BCUT2D eigenvalue weighted by Crippen LogP contribution is 2.42. The highest BCUT2D eigenvalue weighted by Gasteiger charge is 2.33. The first kappa shape index (κ1) is 27.6. The van der Waals surface area contributed by atoms with Crippen molar-refractivity contribution in [2.75, 3.05) is 25.4 Å². The highest BCUT2D eigenvalue weighted by atomic mass is 32.2. The summed E-state index contributed by atoms with van der Waals surface area (Å²) >= 11 is 0. The third-order valence-corrected chi connectivity index (χ3v) is 8.89. The Hall–Kier alpha value is -4.95. The molecule has 5 rings (SSSR count). The van der Waals surface area contributed by atoms with Gasteiger partial charge in [0.25, 0.3) is 26.0 Å². The minimum atomic E-state index is -4.43. The number of hydrogen-bond donors (Lipinski definition) is 5. The zero-order chi connectivity index (χ0) is 29.5. The standard InChI is InChI=1S/C27H23N5O7S2/c1-15(33)28-17-6-10-19(11-7-17)31-40(36,37)23-14-24(26-25-21(23)4-3-5-22(25)27(35)30-26)41(38,39)32-20-12-8-18(9-13-20)29-16(2)34/h3-14,31-32H,1-2H3,(H,28,33)(H,29,34)(H,30,35). The van der Waals surface area contributed by atoms with Crippen molar-refractivity contribution < 1.29 is 31.2 Å². The molecule has 0 aromatic heterocycles. The minimum absolute atomic E-state index is 0.0402. The van der Waals surface area contributed by atoms with Crippen molar-refractivity contribution in [1.82, 2.24) is 0 Å². The molecule has 3 amide bonds. The lowest BCUT2D eigenvalue weighted by atomic mass is 10.1. The molecule has 1 aliphatic heterocycles. The molecule has 0 saturated heterocycles. The van der Waals surface area contributed by atoms with Crippen LogP contribution in [0.4, 0.5) is 28.4 Å². The Labute approximate surface area is 235 Å². The molecule has 12 nitrogen and oxygen atoms in total. The van der Waals surface area contributed by atoms with Crippen LogP contribution in [0.25, 0.3) is 10.8 Å². The molecule has 0 aliphatic carbocycles. The van der Waals surface area contributed by atoms with Gasteiger partial charge in [-0.2, -0.15) is 0 Å². The molecule has 5 N–H and O–H groups in total. The summed E-state index contributed by atoms with van der Waals surface area (Å²) in [5.41, 5.74) is 1.31. The zero-order valence-electron chi connectivity index (χ0n) is 21.6. The van der Waals surface area contributed by atoms with Crippen LogP contribution >= 0.6 is 0 Å². The number of anilines is 5. The van der Waals surface area contributed by atoms with E-state index < -0.39 is 30.8 Å². The third kappa shape index (κ3) is 5.55. The van der Waals surface area contributed by atoms with Gasteiger partial charge >= 0.3 is 0 Å². The largest absolute Gasteiger partial charge is 0.326 e. The quantitative estimate of drug-likeness (QED) is 0.205. The Morgan fingerprint density at radius 3 is 1.61 bits per heavy atom. The summed E-state index contributed by atoms with van der Waals surface area (Å²) < 4.78 is 59.3. The highest BCUT2D eigenvalue weighted by molar-refractivity contribution is 7.93. The summed E-state index contributed by atoms with van der Waals surface area (Å²) in [5, 5.41) is 8.02. The predicted molar refractivity (Wildman–Crippen MR) is 155 cm³/mol. The second-order valence-corrected chi connectivity index (χ2v) is 12.5. The van der Waals surface area contributed by atoms with E-state index in [0.29, 0.717) is 11.4 Å². The number of benzene rings is 4. The van der Waals surface area contributed by atoms with Gasteiger partial charge in [0, 0.05) is 52.9 Å². The van der Waals surface area contributed by atoms with Crippen LogP contribution < -0.4 is 25.4 Å². The van der Waals surface area contributed by atoms with Crippen molar-refractivity contribution >= 4 is 77.0 Å². The van der Waals surface area contributed by atoms with E-state index in [4.69, 9.17) is 0 Å². The zero-order valence-corrected chi connectivity index (χ0v) is 23.2. The maximum atomic E-state index is 13.6. The van der Waals surface area contributed by atoms with Crippen molar-refractivity contribution in [2.45, 2.75) is 23.6 Å². The Morgan fingerprint density at radius 2 is 1.12 bits per heavy atom. The SMILES string of the molecule is CC(=O)Nc1ccc(NS(=O)(=O)c2cc(S(=O)(=O)Nc3ccc(NC(C)=O)cc3)c3cccc4c3c2NC4=O)cc1. The molecule has 14 heteroatoms. The van der Waals surface area contributed by atoms with Gasteiger partial charge in [-0.15, -0.1) is 0 Å². The third-order valence-electron chi connectivity index (χ3n) is 6.07. The summed E-state index contributed by atoms with van der Waals surface area (Å²) in [6.45, 7) is 2.68. The first-order valence-corrected chi connectivity index (χ1v) is 15.0. The second kappa shape index (κ2) is 10.2. The van der Waals surface area contributed by atoms with Crippen LogP contribution in [-0.4, -0.2) is 34.6 Å². The first-order chi connectivity index (χ1) is 19.3.